The molecule has 2 heterocycles. The van der Waals surface area contributed by atoms with Gasteiger partial charge in [-0.05, 0) is 13.8 Å². The van der Waals surface area contributed by atoms with E-state index in [1.54, 1.807) is 13.8 Å². The van der Waals surface area contributed by atoms with Crippen LogP contribution in [0.5, 0.6) is 0 Å². The van der Waals surface area contributed by atoms with Gasteiger partial charge in [-0.15, -0.1) is 10.2 Å². The second-order valence-electron chi connectivity index (χ2n) is 3.42. The number of nitrogens with two attached hydrogens (primary N) is 1. The van der Waals surface area contributed by atoms with Gasteiger partial charge in [0.1, 0.15) is 16.3 Å². The third kappa shape index (κ3) is 2.41. The molecule has 0 aromatic carbocycles. The molecule has 17 heavy (non-hydrogen) atoms. The lowest BCUT2D eigenvalue weighted by atomic mass is 10.2. The second-order valence-corrected chi connectivity index (χ2v) is 4.51. The Morgan fingerprint density at radius 3 is 2.76 bits per heavy atom. The van der Waals surface area contributed by atoms with Gasteiger partial charge in [0.2, 0.25) is 5.13 Å². The summed E-state index contributed by atoms with van der Waals surface area (Å²) in [6, 6.07) is 0. The SMILES string of the molecule is Cc1noc(C)c1C(=O)NCc1nnc(N)s1. The Morgan fingerprint density at radius 2 is 2.24 bits per heavy atom. The number of nitrogens with one attached hydrogen (secondary N) is 1. The molecule has 2 rings (SSSR count). The fraction of sp³-hybridized carbons (Fsp3) is 0.333. The Morgan fingerprint density at radius 1 is 1.47 bits per heavy atom. The van der Waals surface area contributed by atoms with Gasteiger partial charge in [-0.2, -0.15) is 0 Å². The fourth-order valence-electron chi connectivity index (χ4n) is 1.39. The van der Waals surface area contributed by atoms with Crippen LogP contribution in [0.4, 0.5) is 5.13 Å². The molecule has 0 atom stereocenters. The van der Waals surface area contributed by atoms with Crippen molar-refractivity contribution < 1.29 is 9.32 Å². The Hall–Kier alpha value is -1.96. The van der Waals surface area contributed by atoms with Crippen LogP contribution in [0.3, 0.4) is 0 Å². The van der Waals surface area contributed by atoms with Crippen molar-refractivity contribution >= 4 is 22.4 Å². The number of rotatable bonds is 3. The molecule has 0 bridgehead atoms. The lowest BCUT2D eigenvalue weighted by Gasteiger charge is -2.01. The van der Waals surface area contributed by atoms with Gasteiger partial charge in [0.05, 0.1) is 12.2 Å². The van der Waals surface area contributed by atoms with Crippen molar-refractivity contribution in [1.82, 2.24) is 20.7 Å². The maximum Gasteiger partial charge on any atom is 0.257 e. The summed E-state index contributed by atoms with van der Waals surface area (Å²) in [6.45, 7) is 3.70. The molecular formula is C9H11N5O2S. The molecule has 90 valence electrons. The predicted molar refractivity (Wildman–Crippen MR) is 61.5 cm³/mol. The summed E-state index contributed by atoms with van der Waals surface area (Å²) in [4.78, 5) is 11.8. The Balaban J connectivity index is 2.03. The molecule has 0 aliphatic heterocycles. The van der Waals surface area contributed by atoms with Gasteiger partial charge in [-0.25, -0.2) is 0 Å². The third-order valence-electron chi connectivity index (χ3n) is 2.14. The van der Waals surface area contributed by atoms with Crippen molar-refractivity contribution in [1.29, 1.82) is 0 Å². The molecule has 1 amide bonds. The molecule has 7 nitrogen and oxygen atoms in total. The van der Waals surface area contributed by atoms with Gasteiger partial charge in [0.15, 0.2) is 0 Å². The van der Waals surface area contributed by atoms with Crippen molar-refractivity contribution in [2.24, 2.45) is 0 Å². The highest BCUT2D eigenvalue weighted by Crippen LogP contribution is 2.13. The van der Waals surface area contributed by atoms with Crippen molar-refractivity contribution in [3.05, 3.63) is 22.0 Å². The summed E-state index contributed by atoms with van der Waals surface area (Å²) in [5.41, 5.74) is 6.46. The Labute approximate surface area is 101 Å². The van der Waals surface area contributed by atoms with Crippen LogP contribution in [0.25, 0.3) is 0 Å². The second kappa shape index (κ2) is 4.50. The molecular weight excluding hydrogens is 242 g/mol. The quantitative estimate of drug-likeness (QED) is 0.831. The first-order valence-electron chi connectivity index (χ1n) is 4.87. The van der Waals surface area contributed by atoms with Gasteiger partial charge in [-0.1, -0.05) is 16.5 Å². The number of carbonyl (C=O) groups excluding carboxylic acids is 1. The number of aromatic nitrogens is 3. The smallest absolute Gasteiger partial charge is 0.257 e. The standard InChI is InChI=1S/C9H11N5O2S/c1-4-7(5(2)16-14-4)8(15)11-3-6-12-13-9(10)17-6/h3H2,1-2H3,(H2,10,13)(H,11,15). The van der Waals surface area contributed by atoms with E-state index < -0.39 is 0 Å². The predicted octanol–water partition coefficient (Wildman–Crippen LogP) is 0.655. The molecule has 0 unspecified atom stereocenters. The molecule has 3 N–H and O–H groups in total. The van der Waals surface area contributed by atoms with Crippen LogP contribution in [0.2, 0.25) is 0 Å². The van der Waals surface area contributed by atoms with Crippen molar-refractivity contribution in [3.63, 3.8) is 0 Å². The number of hydrogen-bond donors (Lipinski definition) is 2. The average molecular weight is 253 g/mol. The summed E-state index contributed by atoms with van der Waals surface area (Å²) in [7, 11) is 0. The zero-order valence-electron chi connectivity index (χ0n) is 9.35. The van der Waals surface area contributed by atoms with Crippen LogP contribution in [-0.4, -0.2) is 21.3 Å². The number of hydrogen-bond acceptors (Lipinski definition) is 7. The van der Waals surface area contributed by atoms with Crippen LogP contribution in [0, 0.1) is 13.8 Å². The van der Waals surface area contributed by atoms with Gasteiger partial charge in [0, 0.05) is 0 Å². The van der Waals surface area contributed by atoms with Crippen LogP contribution in [-0.2, 0) is 6.54 Å². The Bertz CT molecular complexity index is 528. The molecule has 8 heteroatoms. The molecule has 0 saturated heterocycles. The topological polar surface area (TPSA) is 107 Å². The number of nitrogens with zero attached hydrogens (tertiary/aromatic N) is 3. The van der Waals surface area contributed by atoms with Gasteiger partial charge in [-0.3, -0.25) is 4.79 Å². The van der Waals surface area contributed by atoms with E-state index in [9.17, 15) is 4.79 Å². The number of nitrogen functional groups attached to an aromatic ring is 1. The van der Waals surface area contributed by atoms with E-state index in [4.69, 9.17) is 10.3 Å². The van der Waals surface area contributed by atoms with E-state index in [0.29, 0.717) is 27.2 Å². The maximum absolute atomic E-state index is 11.8. The lowest BCUT2D eigenvalue weighted by Crippen LogP contribution is -2.23. The molecule has 0 radical (unpaired) electrons. The Kier molecular flexibility index (Phi) is 3.05. The first-order chi connectivity index (χ1) is 8.08. The average Bonchev–Trinajstić information content (AvgIpc) is 2.83. The van der Waals surface area contributed by atoms with Crippen LogP contribution in [0.15, 0.2) is 4.52 Å². The highest BCUT2D eigenvalue weighted by Gasteiger charge is 2.17. The van der Waals surface area contributed by atoms with E-state index in [1.165, 1.54) is 11.3 Å². The summed E-state index contributed by atoms with van der Waals surface area (Å²) in [5.74, 6) is 0.256. The molecule has 0 spiro atoms. The minimum absolute atomic E-state index is 0.241. The lowest BCUT2D eigenvalue weighted by molar-refractivity contribution is 0.0949. The monoisotopic (exact) mass is 253 g/mol. The summed E-state index contributed by atoms with van der Waals surface area (Å²) in [5, 5.41) is 14.9. The first-order valence-corrected chi connectivity index (χ1v) is 5.68. The maximum atomic E-state index is 11.8. The summed E-state index contributed by atoms with van der Waals surface area (Å²) >= 11 is 1.24. The number of carbonyl (C=O) groups is 1. The van der Waals surface area contributed by atoms with Crippen LogP contribution < -0.4 is 11.1 Å². The molecule has 0 fully saturated rings. The highest BCUT2D eigenvalue weighted by atomic mass is 32.1. The highest BCUT2D eigenvalue weighted by molar-refractivity contribution is 7.15. The number of anilines is 1. The zero-order chi connectivity index (χ0) is 12.4. The van der Waals surface area contributed by atoms with Crippen LogP contribution in [0.1, 0.15) is 26.8 Å². The molecule has 0 saturated carbocycles. The van der Waals surface area contributed by atoms with Crippen LogP contribution >= 0.6 is 11.3 Å². The van der Waals surface area contributed by atoms with Gasteiger partial charge < -0.3 is 15.6 Å². The number of amides is 1. The van der Waals surface area contributed by atoms with E-state index in [1.807, 2.05) is 0 Å². The van der Waals surface area contributed by atoms with Crippen molar-refractivity contribution in [2.45, 2.75) is 20.4 Å². The van der Waals surface area contributed by atoms with Gasteiger partial charge >= 0.3 is 0 Å². The van der Waals surface area contributed by atoms with E-state index in [0.717, 1.165) is 0 Å². The van der Waals surface area contributed by atoms with E-state index >= 15 is 0 Å². The third-order valence-corrected chi connectivity index (χ3v) is 2.90. The van der Waals surface area contributed by atoms with Crippen molar-refractivity contribution in [3.8, 4) is 0 Å². The van der Waals surface area contributed by atoms with E-state index in [-0.39, 0.29) is 12.5 Å². The van der Waals surface area contributed by atoms with E-state index in [2.05, 4.69) is 20.7 Å². The zero-order valence-corrected chi connectivity index (χ0v) is 10.2. The molecule has 0 aliphatic carbocycles. The molecule has 2 aromatic rings. The molecule has 2 aromatic heterocycles. The summed E-state index contributed by atoms with van der Waals surface area (Å²) in [6.07, 6.45) is 0. The molecule has 0 aliphatic rings. The number of aryl methyl sites for hydroxylation is 2. The fourth-order valence-corrected chi connectivity index (χ4v) is 1.94. The minimum Gasteiger partial charge on any atom is -0.374 e. The normalized spacial score (nSPS) is 10.5. The first kappa shape index (κ1) is 11.5. The minimum atomic E-state index is -0.241. The largest absolute Gasteiger partial charge is 0.374 e. The van der Waals surface area contributed by atoms with Crippen molar-refractivity contribution in [2.75, 3.05) is 5.73 Å². The van der Waals surface area contributed by atoms with Gasteiger partial charge in [0.25, 0.3) is 5.91 Å². The summed E-state index contributed by atoms with van der Waals surface area (Å²) < 4.78 is 4.92.